The van der Waals surface area contributed by atoms with Crippen LogP contribution >= 0.6 is 0 Å². The molecule has 0 saturated carbocycles. The summed E-state index contributed by atoms with van der Waals surface area (Å²) in [6, 6.07) is 5.10. The minimum absolute atomic E-state index is 0.206. The fraction of sp³-hybridized carbons (Fsp3) is 0.500. The van der Waals surface area contributed by atoms with Crippen LogP contribution in [-0.4, -0.2) is 32.3 Å². The SMILES string of the molecule is CC[C@H](N)C(=O)Nc1ccc(C)cc1OCCOC. The van der Waals surface area contributed by atoms with Gasteiger partial charge in [-0.15, -0.1) is 0 Å². The first kappa shape index (κ1) is 15.5. The van der Waals surface area contributed by atoms with Gasteiger partial charge in [0.1, 0.15) is 12.4 Å². The maximum atomic E-state index is 11.8. The van der Waals surface area contributed by atoms with Gasteiger partial charge in [0.2, 0.25) is 5.91 Å². The first-order chi connectivity index (χ1) is 9.08. The van der Waals surface area contributed by atoms with Crippen LogP contribution in [0.25, 0.3) is 0 Å². The minimum Gasteiger partial charge on any atom is -0.489 e. The van der Waals surface area contributed by atoms with Gasteiger partial charge in [0.25, 0.3) is 0 Å². The molecule has 1 amide bonds. The number of anilines is 1. The number of aryl methyl sites for hydroxylation is 1. The second kappa shape index (κ2) is 7.76. The summed E-state index contributed by atoms with van der Waals surface area (Å²) in [6.45, 7) is 4.76. The largest absolute Gasteiger partial charge is 0.489 e. The van der Waals surface area contributed by atoms with Crippen molar-refractivity contribution >= 4 is 11.6 Å². The van der Waals surface area contributed by atoms with Crippen molar-refractivity contribution in [1.29, 1.82) is 0 Å². The van der Waals surface area contributed by atoms with Crippen LogP contribution in [0, 0.1) is 6.92 Å². The van der Waals surface area contributed by atoms with E-state index in [4.69, 9.17) is 15.2 Å². The van der Waals surface area contributed by atoms with Crippen molar-refractivity contribution in [1.82, 2.24) is 0 Å². The second-order valence-electron chi connectivity index (χ2n) is 4.34. The molecular formula is C14H22N2O3. The van der Waals surface area contributed by atoms with E-state index in [1.165, 1.54) is 0 Å². The van der Waals surface area contributed by atoms with Crippen LogP contribution in [0.5, 0.6) is 5.75 Å². The molecule has 19 heavy (non-hydrogen) atoms. The molecule has 0 spiro atoms. The van der Waals surface area contributed by atoms with Crippen molar-refractivity contribution < 1.29 is 14.3 Å². The number of ether oxygens (including phenoxy) is 2. The average molecular weight is 266 g/mol. The highest BCUT2D eigenvalue weighted by Gasteiger charge is 2.13. The molecule has 0 aliphatic carbocycles. The molecule has 0 aliphatic rings. The second-order valence-corrected chi connectivity index (χ2v) is 4.34. The lowest BCUT2D eigenvalue weighted by Gasteiger charge is -2.15. The van der Waals surface area contributed by atoms with Gasteiger partial charge in [-0.1, -0.05) is 13.0 Å². The number of carbonyl (C=O) groups excluding carboxylic acids is 1. The number of nitrogens with one attached hydrogen (secondary N) is 1. The molecule has 0 unspecified atom stereocenters. The highest BCUT2D eigenvalue weighted by Crippen LogP contribution is 2.25. The van der Waals surface area contributed by atoms with Crippen LogP contribution in [0.15, 0.2) is 18.2 Å². The molecule has 1 aromatic rings. The molecule has 0 bridgehead atoms. The normalized spacial score (nSPS) is 12.0. The van der Waals surface area contributed by atoms with Crippen molar-refractivity contribution in [2.75, 3.05) is 25.6 Å². The molecular weight excluding hydrogens is 244 g/mol. The maximum Gasteiger partial charge on any atom is 0.241 e. The highest BCUT2D eigenvalue weighted by atomic mass is 16.5. The summed E-state index contributed by atoms with van der Waals surface area (Å²) in [5, 5.41) is 2.79. The molecule has 0 heterocycles. The predicted molar refractivity (Wildman–Crippen MR) is 75.4 cm³/mol. The van der Waals surface area contributed by atoms with Crippen LogP contribution in [0.1, 0.15) is 18.9 Å². The van der Waals surface area contributed by atoms with Gasteiger partial charge in [0, 0.05) is 7.11 Å². The summed E-state index contributed by atoms with van der Waals surface area (Å²) < 4.78 is 10.5. The number of amides is 1. The highest BCUT2D eigenvalue weighted by molar-refractivity contribution is 5.95. The molecule has 0 saturated heterocycles. The van der Waals surface area contributed by atoms with Gasteiger partial charge in [0.15, 0.2) is 0 Å². The van der Waals surface area contributed by atoms with Gasteiger partial charge in [-0.05, 0) is 31.0 Å². The standard InChI is InChI=1S/C14H22N2O3/c1-4-11(15)14(17)16-12-6-5-10(2)9-13(12)19-8-7-18-3/h5-6,9,11H,4,7-8,15H2,1-3H3,(H,16,17)/t11-/m0/s1. The van der Waals surface area contributed by atoms with E-state index < -0.39 is 6.04 Å². The van der Waals surface area contributed by atoms with E-state index in [1.54, 1.807) is 7.11 Å². The van der Waals surface area contributed by atoms with Crippen molar-refractivity contribution in [2.45, 2.75) is 26.3 Å². The quantitative estimate of drug-likeness (QED) is 0.737. The molecule has 106 valence electrons. The van der Waals surface area contributed by atoms with Gasteiger partial charge < -0.3 is 20.5 Å². The van der Waals surface area contributed by atoms with Crippen LogP contribution < -0.4 is 15.8 Å². The van der Waals surface area contributed by atoms with E-state index in [-0.39, 0.29) is 5.91 Å². The van der Waals surface area contributed by atoms with Crippen molar-refractivity contribution in [3.05, 3.63) is 23.8 Å². The van der Waals surface area contributed by atoms with Gasteiger partial charge in [-0.3, -0.25) is 4.79 Å². The lowest BCUT2D eigenvalue weighted by atomic mass is 10.2. The monoisotopic (exact) mass is 266 g/mol. The number of hydrogen-bond donors (Lipinski definition) is 2. The third-order valence-electron chi connectivity index (χ3n) is 2.72. The van der Waals surface area contributed by atoms with Gasteiger partial charge in [-0.2, -0.15) is 0 Å². The minimum atomic E-state index is -0.506. The van der Waals surface area contributed by atoms with E-state index in [2.05, 4.69) is 5.32 Å². The maximum absolute atomic E-state index is 11.8. The summed E-state index contributed by atoms with van der Waals surface area (Å²) in [4.78, 5) is 11.8. The molecule has 5 nitrogen and oxygen atoms in total. The lowest BCUT2D eigenvalue weighted by molar-refractivity contribution is -0.117. The Bertz CT molecular complexity index is 421. The van der Waals surface area contributed by atoms with E-state index in [9.17, 15) is 4.79 Å². The molecule has 3 N–H and O–H groups in total. The third-order valence-corrected chi connectivity index (χ3v) is 2.72. The zero-order valence-corrected chi connectivity index (χ0v) is 11.7. The molecule has 0 radical (unpaired) electrons. The molecule has 5 heteroatoms. The van der Waals surface area contributed by atoms with E-state index in [0.29, 0.717) is 31.1 Å². The first-order valence-electron chi connectivity index (χ1n) is 6.37. The van der Waals surface area contributed by atoms with E-state index >= 15 is 0 Å². The Kier molecular flexibility index (Phi) is 6.32. The van der Waals surface area contributed by atoms with E-state index in [0.717, 1.165) is 5.56 Å². The van der Waals surface area contributed by atoms with Crippen molar-refractivity contribution in [3.8, 4) is 5.75 Å². The van der Waals surface area contributed by atoms with Crippen LogP contribution in [0.2, 0.25) is 0 Å². The zero-order valence-electron chi connectivity index (χ0n) is 11.7. The van der Waals surface area contributed by atoms with Crippen molar-refractivity contribution in [2.24, 2.45) is 5.73 Å². The molecule has 0 aliphatic heterocycles. The van der Waals surface area contributed by atoms with Crippen LogP contribution in [0.3, 0.4) is 0 Å². The number of carbonyl (C=O) groups is 1. The Labute approximate surface area is 114 Å². The van der Waals surface area contributed by atoms with E-state index in [1.807, 2.05) is 32.0 Å². The van der Waals surface area contributed by atoms with Crippen molar-refractivity contribution in [3.63, 3.8) is 0 Å². The van der Waals surface area contributed by atoms with Gasteiger partial charge >= 0.3 is 0 Å². The Balaban J connectivity index is 2.78. The topological polar surface area (TPSA) is 73.6 Å². The number of methoxy groups -OCH3 is 1. The summed E-state index contributed by atoms with van der Waals surface area (Å²) >= 11 is 0. The smallest absolute Gasteiger partial charge is 0.241 e. The zero-order chi connectivity index (χ0) is 14.3. The third kappa shape index (κ3) is 4.89. The Morgan fingerprint density at radius 1 is 1.42 bits per heavy atom. The van der Waals surface area contributed by atoms with Gasteiger partial charge in [-0.25, -0.2) is 0 Å². The molecule has 0 aromatic heterocycles. The predicted octanol–water partition coefficient (Wildman–Crippen LogP) is 1.70. The molecule has 1 rings (SSSR count). The number of benzene rings is 1. The Morgan fingerprint density at radius 3 is 2.79 bits per heavy atom. The molecule has 0 fully saturated rings. The summed E-state index contributed by atoms with van der Waals surface area (Å²) in [6.07, 6.45) is 0.595. The summed E-state index contributed by atoms with van der Waals surface area (Å²) in [7, 11) is 1.61. The first-order valence-corrected chi connectivity index (χ1v) is 6.37. The number of hydrogen-bond acceptors (Lipinski definition) is 4. The summed E-state index contributed by atoms with van der Waals surface area (Å²) in [5.74, 6) is 0.427. The average Bonchev–Trinajstić information content (AvgIpc) is 2.40. The van der Waals surface area contributed by atoms with Gasteiger partial charge in [0.05, 0.1) is 18.3 Å². The fourth-order valence-electron chi connectivity index (χ4n) is 1.50. The Morgan fingerprint density at radius 2 is 2.16 bits per heavy atom. The number of nitrogens with two attached hydrogens (primary N) is 1. The number of rotatable bonds is 7. The Hall–Kier alpha value is -1.59. The van der Waals surface area contributed by atoms with Crippen LogP contribution in [-0.2, 0) is 9.53 Å². The molecule has 1 aromatic carbocycles. The molecule has 1 atom stereocenters. The van der Waals surface area contributed by atoms with Crippen LogP contribution in [0.4, 0.5) is 5.69 Å². The fourth-order valence-corrected chi connectivity index (χ4v) is 1.50. The lowest BCUT2D eigenvalue weighted by Crippen LogP contribution is -2.34. The summed E-state index contributed by atoms with van der Waals surface area (Å²) in [5.41, 5.74) is 7.39.